The highest BCUT2D eigenvalue weighted by molar-refractivity contribution is 7.99. The maximum atomic E-state index is 3.28. The molecule has 2 saturated heterocycles. The predicted octanol–water partition coefficient (Wildman–Crippen LogP) is 10.5. The fraction of sp³-hybridized carbons (Fsp3) is 0.786. The molecule has 0 amide bonds. The molecule has 2 aliphatic heterocycles. The molecule has 3 rings (SSSR count). The van der Waals surface area contributed by atoms with Gasteiger partial charge in [0.05, 0.1) is 0 Å². The summed E-state index contributed by atoms with van der Waals surface area (Å²) in [5, 5.41) is 3.28. The van der Waals surface area contributed by atoms with Crippen molar-refractivity contribution in [1.29, 1.82) is 0 Å². The van der Waals surface area contributed by atoms with Crippen molar-refractivity contribution < 1.29 is 0 Å². The van der Waals surface area contributed by atoms with E-state index in [2.05, 4.69) is 17.1 Å². The van der Waals surface area contributed by atoms with Crippen molar-refractivity contribution in [2.45, 2.75) is 122 Å². The summed E-state index contributed by atoms with van der Waals surface area (Å²) in [5.74, 6) is 2.83. The van der Waals surface area contributed by atoms with Gasteiger partial charge in [0.15, 0.2) is 0 Å². The lowest BCUT2D eigenvalue weighted by molar-refractivity contribution is 0.520. The number of hydrogen-bond acceptors (Lipinski definition) is 2. The first kappa shape index (κ1) is 43.4. The smallest absolute Gasteiger partial charge is 0.00489 e. The lowest BCUT2D eigenvalue weighted by atomic mass is 10.2. The van der Waals surface area contributed by atoms with Crippen molar-refractivity contribution in [3.05, 3.63) is 36.4 Å². The molecule has 0 atom stereocenters. The zero-order valence-electron chi connectivity index (χ0n) is 23.4. The van der Waals surface area contributed by atoms with E-state index >= 15 is 0 Å². The number of benzene rings is 1. The van der Waals surface area contributed by atoms with Crippen molar-refractivity contribution in [3.8, 4) is 0 Å². The molecule has 1 aromatic rings. The topological polar surface area (TPSA) is 12.0 Å². The highest BCUT2D eigenvalue weighted by Crippen LogP contribution is 2.14. The van der Waals surface area contributed by atoms with Crippen LogP contribution in [0.5, 0.6) is 0 Å². The molecule has 2 heterocycles. The van der Waals surface area contributed by atoms with Gasteiger partial charge in [-0.15, -0.1) is 0 Å². The molecule has 2 aliphatic rings. The Bertz CT molecular complexity index is 182. The molecule has 2 heteroatoms. The average Bonchev–Trinajstić information content (AvgIpc) is 2.95. The van der Waals surface area contributed by atoms with E-state index in [1.807, 2.05) is 119 Å². The van der Waals surface area contributed by atoms with E-state index in [1.165, 1.54) is 63.1 Å². The van der Waals surface area contributed by atoms with Crippen LogP contribution in [0.2, 0.25) is 0 Å². The highest BCUT2D eigenvalue weighted by atomic mass is 32.2. The normalized spacial score (nSPS) is 12.4. The Kier molecular flexibility index (Phi) is 102. The van der Waals surface area contributed by atoms with E-state index in [-0.39, 0.29) is 0 Å². The summed E-state index contributed by atoms with van der Waals surface area (Å²) in [6, 6.07) is 12.0. The van der Waals surface area contributed by atoms with Gasteiger partial charge in [-0.05, 0) is 50.3 Å². The number of hydrogen-bond donors (Lipinski definition) is 1. The summed E-state index contributed by atoms with van der Waals surface area (Å²) in [6.45, 7) is 26.5. The van der Waals surface area contributed by atoms with Gasteiger partial charge >= 0.3 is 0 Å². The second-order valence-electron chi connectivity index (χ2n) is 4.64. The predicted molar refractivity (Wildman–Crippen MR) is 152 cm³/mol. The molecular formula is C28H63NS. The maximum Gasteiger partial charge on any atom is -0.00489 e. The van der Waals surface area contributed by atoms with Gasteiger partial charge in [-0.2, -0.15) is 11.8 Å². The first-order valence-electron chi connectivity index (χ1n) is 13.3. The van der Waals surface area contributed by atoms with Crippen molar-refractivity contribution in [3.63, 3.8) is 0 Å². The number of piperidine rings is 1. The third kappa shape index (κ3) is 63.1. The third-order valence-corrected chi connectivity index (χ3v) is 4.11. The minimum absolute atomic E-state index is 1.25. The monoisotopic (exact) mass is 445 g/mol. The van der Waals surface area contributed by atoms with E-state index in [0.717, 1.165) is 0 Å². The first-order chi connectivity index (χ1) is 15.0. The summed E-state index contributed by atoms with van der Waals surface area (Å²) in [6.07, 6.45) is 8.62. The standard InChI is InChI=1S/C6H6.C5H11N.C5H10S.6C2H6/c3*1-2-4-6-5-3-1;6*1-2/h1-6H;6H,1-5H2;1-5H2;6*1-2H3. The fourth-order valence-corrected chi connectivity index (χ4v) is 2.89. The summed E-state index contributed by atoms with van der Waals surface area (Å²) in [5.41, 5.74) is 0. The van der Waals surface area contributed by atoms with E-state index in [0.29, 0.717) is 0 Å². The van der Waals surface area contributed by atoms with Crippen molar-refractivity contribution in [2.75, 3.05) is 24.6 Å². The molecule has 1 N–H and O–H groups in total. The van der Waals surface area contributed by atoms with Crippen molar-refractivity contribution in [2.24, 2.45) is 0 Å². The zero-order valence-corrected chi connectivity index (χ0v) is 24.3. The zero-order chi connectivity index (χ0) is 24.7. The molecule has 30 heavy (non-hydrogen) atoms. The molecular weight excluding hydrogens is 382 g/mol. The number of nitrogens with one attached hydrogen (secondary N) is 1. The van der Waals surface area contributed by atoms with Crippen LogP contribution < -0.4 is 5.32 Å². The molecule has 2 fully saturated rings. The Labute approximate surface area is 199 Å². The molecule has 0 radical (unpaired) electrons. The quantitative estimate of drug-likeness (QED) is 0.426. The number of thioether (sulfide) groups is 1. The van der Waals surface area contributed by atoms with Crippen molar-refractivity contribution in [1.82, 2.24) is 5.32 Å². The van der Waals surface area contributed by atoms with Crippen LogP contribution in [0, 0.1) is 0 Å². The summed E-state index contributed by atoms with van der Waals surface area (Å²) in [7, 11) is 0. The Morgan fingerprint density at radius 1 is 0.400 bits per heavy atom. The summed E-state index contributed by atoms with van der Waals surface area (Å²) in [4.78, 5) is 0. The minimum Gasteiger partial charge on any atom is -0.317 e. The average molecular weight is 446 g/mol. The van der Waals surface area contributed by atoms with Crippen LogP contribution >= 0.6 is 11.8 Å². The second-order valence-corrected chi connectivity index (χ2v) is 5.86. The molecule has 0 aromatic heterocycles. The van der Waals surface area contributed by atoms with Crippen LogP contribution in [0.25, 0.3) is 0 Å². The van der Waals surface area contributed by atoms with Gasteiger partial charge in [0.1, 0.15) is 0 Å². The fourth-order valence-electron chi connectivity index (χ4n) is 1.87. The Morgan fingerprint density at radius 2 is 0.667 bits per heavy atom. The van der Waals surface area contributed by atoms with E-state index < -0.39 is 0 Å². The van der Waals surface area contributed by atoms with Gasteiger partial charge in [0.25, 0.3) is 0 Å². The van der Waals surface area contributed by atoms with Gasteiger partial charge in [0.2, 0.25) is 0 Å². The highest BCUT2D eigenvalue weighted by Gasteiger charge is 1.95. The van der Waals surface area contributed by atoms with Gasteiger partial charge in [-0.25, -0.2) is 0 Å². The van der Waals surface area contributed by atoms with Gasteiger partial charge in [-0.1, -0.05) is 132 Å². The Balaban J connectivity index is -0.0000000579. The Morgan fingerprint density at radius 3 is 0.767 bits per heavy atom. The van der Waals surface area contributed by atoms with E-state index in [9.17, 15) is 0 Å². The molecule has 0 aliphatic carbocycles. The molecule has 0 bridgehead atoms. The molecule has 1 aromatic carbocycles. The largest absolute Gasteiger partial charge is 0.317 e. The Hall–Kier alpha value is -0.470. The van der Waals surface area contributed by atoms with Gasteiger partial charge in [0, 0.05) is 0 Å². The summed E-state index contributed by atoms with van der Waals surface area (Å²) < 4.78 is 0. The van der Waals surface area contributed by atoms with Crippen molar-refractivity contribution >= 4 is 11.8 Å². The summed E-state index contributed by atoms with van der Waals surface area (Å²) >= 11 is 2.09. The van der Waals surface area contributed by atoms with Crippen LogP contribution in [-0.4, -0.2) is 24.6 Å². The van der Waals surface area contributed by atoms with Gasteiger partial charge < -0.3 is 5.32 Å². The number of rotatable bonds is 0. The molecule has 0 saturated carbocycles. The third-order valence-electron chi connectivity index (χ3n) is 2.95. The molecule has 0 unspecified atom stereocenters. The van der Waals surface area contributed by atoms with Gasteiger partial charge in [-0.3, -0.25) is 0 Å². The van der Waals surface area contributed by atoms with E-state index in [4.69, 9.17) is 0 Å². The molecule has 0 spiro atoms. The van der Waals surface area contributed by atoms with Crippen LogP contribution in [-0.2, 0) is 0 Å². The second kappa shape index (κ2) is 70.4. The lowest BCUT2D eigenvalue weighted by Crippen LogP contribution is -2.21. The minimum atomic E-state index is 1.25. The lowest BCUT2D eigenvalue weighted by Gasteiger charge is -2.08. The van der Waals surface area contributed by atoms with Crippen LogP contribution in [0.4, 0.5) is 0 Å². The SMILES string of the molecule is C1CCNCC1.C1CCSCC1.CC.CC.CC.CC.CC.CC.c1ccccc1. The van der Waals surface area contributed by atoms with Crippen LogP contribution in [0.3, 0.4) is 0 Å². The molecule has 1 nitrogen and oxygen atoms in total. The first-order valence-corrected chi connectivity index (χ1v) is 14.4. The molecule has 186 valence electrons. The van der Waals surface area contributed by atoms with Crippen LogP contribution in [0.1, 0.15) is 122 Å². The van der Waals surface area contributed by atoms with E-state index in [1.54, 1.807) is 0 Å². The maximum absolute atomic E-state index is 3.28. The van der Waals surface area contributed by atoms with Crippen LogP contribution in [0.15, 0.2) is 36.4 Å².